The smallest absolute Gasteiger partial charge is 1.00 e. The van der Waals surface area contributed by atoms with Crippen molar-refractivity contribution in [1.82, 2.24) is 0 Å². The van der Waals surface area contributed by atoms with E-state index in [0.717, 1.165) is 0 Å². The molecule has 0 aliphatic carbocycles. The zero-order valence-electron chi connectivity index (χ0n) is 4.96. The predicted molar refractivity (Wildman–Crippen MR) is 25.2 cm³/mol. The van der Waals surface area contributed by atoms with Crippen LogP contribution in [0, 0.1) is 0 Å². The molecule has 2 heteroatoms. The minimum Gasteiger partial charge on any atom is -1.00 e. The average Bonchev–Trinajstić information content (AvgIpc) is 0.811. The van der Waals surface area contributed by atoms with Crippen molar-refractivity contribution in [3.8, 4) is 0 Å². The minimum absolute atomic E-state index is 0. The third kappa shape index (κ3) is 30.3. The van der Waals surface area contributed by atoms with Crippen molar-refractivity contribution < 1.29 is 31.0 Å². The Labute approximate surface area is 65.2 Å². The summed E-state index contributed by atoms with van der Waals surface area (Å²) in [6.45, 7) is 4.17. The van der Waals surface area contributed by atoms with E-state index in [9.17, 15) is 0 Å². The third-order valence-electron chi connectivity index (χ3n) is 0. The fourth-order valence-corrected chi connectivity index (χ4v) is 0. The first-order valence-electron chi connectivity index (χ1n) is 1.37. The third-order valence-corrected chi connectivity index (χ3v) is 0. The minimum atomic E-state index is 0. The largest absolute Gasteiger partial charge is 1.00 e. The van der Waals surface area contributed by atoms with E-state index in [1.165, 1.54) is 0 Å². The summed E-state index contributed by atoms with van der Waals surface area (Å²) in [4.78, 5) is 0.646. The van der Waals surface area contributed by atoms with Gasteiger partial charge in [0, 0.05) is 4.83 Å². The SMILES string of the molecule is CC(C)Br.[H-].[Na+]. The summed E-state index contributed by atoms with van der Waals surface area (Å²) in [5.74, 6) is 0. The van der Waals surface area contributed by atoms with Gasteiger partial charge in [-0.2, -0.15) is 0 Å². The molecule has 0 aromatic heterocycles. The molecule has 0 saturated carbocycles. The van der Waals surface area contributed by atoms with Gasteiger partial charge in [-0.25, -0.2) is 0 Å². The van der Waals surface area contributed by atoms with Crippen molar-refractivity contribution in [2.45, 2.75) is 18.7 Å². The monoisotopic (exact) mass is 146 g/mol. The van der Waals surface area contributed by atoms with Crippen molar-refractivity contribution in [3.63, 3.8) is 0 Å². The van der Waals surface area contributed by atoms with E-state index in [4.69, 9.17) is 0 Å². The molecule has 0 atom stereocenters. The van der Waals surface area contributed by atoms with Crippen LogP contribution >= 0.6 is 15.9 Å². The Morgan fingerprint density at radius 2 is 1.60 bits per heavy atom. The molecule has 0 amide bonds. The Bertz CT molecular complexity index is 15.5. The van der Waals surface area contributed by atoms with E-state index >= 15 is 0 Å². The molecule has 0 fully saturated rings. The van der Waals surface area contributed by atoms with Gasteiger partial charge in [-0.3, -0.25) is 0 Å². The van der Waals surface area contributed by atoms with Crippen LogP contribution in [0.1, 0.15) is 15.3 Å². The van der Waals surface area contributed by atoms with E-state index in [1.54, 1.807) is 0 Å². The van der Waals surface area contributed by atoms with Gasteiger partial charge < -0.3 is 1.43 Å². The number of halogens is 1. The van der Waals surface area contributed by atoms with Crippen LogP contribution in [0.25, 0.3) is 0 Å². The molecule has 0 radical (unpaired) electrons. The van der Waals surface area contributed by atoms with E-state index in [2.05, 4.69) is 29.8 Å². The van der Waals surface area contributed by atoms with Crippen LogP contribution in [-0.4, -0.2) is 4.83 Å². The molecule has 0 bridgehead atoms. The Morgan fingerprint density at radius 1 is 1.60 bits per heavy atom. The van der Waals surface area contributed by atoms with E-state index < -0.39 is 0 Å². The van der Waals surface area contributed by atoms with E-state index in [-0.39, 0.29) is 31.0 Å². The molecule has 0 aromatic carbocycles. The first kappa shape index (κ1) is 9.70. The topological polar surface area (TPSA) is 0 Å². The number of hydrogen-bond acceptors (Lipinski definition) is 0. The van der Waals surface area contributed by atoms with E-state index in [0.29, 0.717) is 4.83 Å². The predicted octanol–water partition coefficient (Wildman–Crippen LogP) is -1.09. The molecule has 0 aromatic rings. The molecule has 0 unspecified atom stereocenters. The van der Waals surface area contributed by atoms with Crippen LogP contribution < -0.4 is 29.6 Å². The molecule has 0 saturated heterocycles. The maximum absolute atomic E-state index is 3.27. The van der Waals surface area contributed by atoms with Gasteiger partial charge in [-0.05, 0) is 0 Å². The average molecular weight is 147 g/mol. The molecular formula is C3H8BrNa. The van der Waals surface area contributed by atoms with Crippen LogP contribution in [-0.2, 0) is 0 Å². The Balaban J connectivity index is -0.0000000450. The van der Waals surface area contributed by atoms with Crippen LogP contribution in [0.3, 0.4) is 0 Å². The summed E-state index contributed by atoms with van der Waals surface area (Å²) in [5, 5.41) is 0. The number of rotatable bonds is 0. The molecule has 0 spiro atoms. The summed E-state index contributed by atoms with van der Waals surface area (Å²) in [7, 11) is 0. The first-order chi connectivity index (χ1) is 1.73. The second-order valence-electron chi connectivity index (χ2n) is 1.01. The van der Waals surface area contributed by atoms with Crippen LogP contribution in [0.15, 0.2) is 0 Å². The fraction of sp³-hybridized carbons (Fsp3) is 1.00. The van der Waals surface area contributed by atoms with Gasteiger partial charge in [0.15, 0.2) is 0 Å². The second kappa shape index (κ2) is 5.48. The molecule has 0 heterocycles. The molecule has 0 aliphatic heterocycles. The van der Waals surface area contributed by atoms with Crippen molar-refractivity contribution in [1.29, 1.82) is 0 Å². The maximum atomic E-state index is 3.27. The molecule has 0 rings (SSSR count). The Morgan fingerprint density at radius 3 is 1.60 bits per heavy atom. The summed E-state index contributed by atoms with van der Waals surface area (Å²) in [5.41, 5.74) is 0. The molecule has 0 N–H and O–H groups in total. The molecule has 0 nitrogen and oxygen atoms in total. The zero-order chi connectivity index (χ0) is 3.58. The summed E-state index contributed by atoms with van der Waals surface area (Å²) in [6.07, 6.45) is 0. The molecule has 28 valence electrons. The Kier molecular flexibility index (Phi) is 10.6. The van der Waals surface area contributed by atoms with Crippen molar-refractivity contribution >= 4 is 15.9 Å². The van der Waals surface area contributed by atoms with Gasteiger partial charge in [0.1, 0.15) is 0 Å². The standard InChI is InChI=1S/C3H7Br.Na.H/c1-3(2)4;;/h3H,1-2H3;;/q;+1;-1. The summed E-state index contributed by atoms with van der Waals surface area (Å²) >= 11 is 3.27. The number of hydrogen-bond donors (Lipinski definition) is 0. The van der Waals surface area contributed by atoms with Gasteiger partial charge in [0.05, 0.1) is 0 Å². The fourth-order valence-electron chi connectivity index (χ4n) is 0. The van der Waals surface area contributed by atoms with Crippen LogP contribution in [0.5, 0.6) is 0 Å². The second-order valence-corrected chi connectivity index (χ2v) is 2.85. The van der Waals surface area contributed by atoms with Gasteiger partial charge in [0.25, 0.3) is 0 Å². The van der Waals surface area contributed by atoms with Crippen molar-refractivity contribution in [3.05, 3.63) is 0 Å². The van der Waals surface area contributed by atoms with Crippen molar-refractivity contribution in [2.75, 3.05) is 0 Å². The summed E-state index contributed by atoms with van der Waals surface area (Å²) in [6, 6.07) is 0. The van der Waals surface area contributed by atoms with Gasteiger partial charge in [0.2, 0.25) is 0 Å². The number of alkyl halides is 1. The normalized spacial score (nSPS) is 7.20. The molecule has 0 aliphatic rings. The summed E-state index contributed by atoms with van der Waals surface area (Å²) < 4.78 is 0. The molecule has 5 heavy (non-hydrogen) atoms. The maximum Gasteiger partial charge on any atom is 1.00 e. The van der Waals surface area contributed by atoms with E-state index in [1.807, 2.05) is 0 Å². The van der Waals surface area contributed by atoms with Crippen LogP contribution in [0.4, 0.5) is 0 Å². The van der Waals surface area contributed by atoms with Crippen molar-refractivity contribution in [2.24, 2.45) is 0 Å². The van der Waals surface area contributed by atoms with Crippen LogP contribution in [0.2, 0.25) is 0 Å². The first-order valence-corrected chi connectivity index (χ1v) is 2.29. The Hall–Kier alpha value is 1.48. The van der Waals surface area contributed by atoms with Gasteiger partial charge in [-0.1, -0.05) is 29.8 Å². The molecular weight excluding hydrogens is 139 g/mol. The van der Waals surface area contributed by atoms with Gasteiger partial charge >= 0.3 is 29.6 Å². The van der Waals surface area contributed by atoms with Gasteiger partial charge in [-0.15, -0.1) is 0 Å². The quantitative estimate of drug-likeness (QED) is 0.301. The zero-order valence-corrected chi connectivity index (χ0v) is 7.54.